The van der Waals surface area contributed by atoms with E-state index < -0.39 is 11.7 Å². The zero-order chi connectivity index (χ0) is 13.0. The van der Waals surface area contributed by atoms with E-state index in [0.717, 1.165) is 38.1 Å². The van der Waals surface area contributed by atoms with Gasteiger partial charge in [-0.15, -0.1) is 0 Å². The van der Waals surface area contributed by atoms with E-state index in [1.54, 1.807) is 0 Å². The topological polar surface area (TPSA) is 37.0 Å². The van der Waals surface area contributed by atoms with Crippen LogP contribution in [0.3, 0.4) is 0 Å². The van der Waals surface area contributed by atoms with Crippen LogP contribution in [0.4, 0.5) is 19.0 Å². The third kappa shape index (κ3) is 3.60. The van der Waals surface area contributed by atoms with Crippen LogP contribution in [0.5, 0.6) is 0 Å². The summed E-state index contributed by atoms with van der Waals surface area (Å²) in [5.74, 6) is 0.741. The van der Waals surface area contributed by atoms with Gasteiger partial charge < -0.3 is 10.6 Å². The molecule has 0 saturated carbocycles. The molecule has 2 N–H and O–H groups in total. The molecule has 1 saturated heterocycles. The van der Waals surface area contributed by atoms with Crippen molar-refractivity contribution < 1.29 is 13.2 Å². The highest BCUT2D eigenvalue weighted by Gasteiger charge is 2.30. The van der Waals surface area contributed by atoms with Crippen molar-refractivity contribution in [1.29, 1.82) is 0 Å². The van der Waals surface area contributed by atoms with E-state index in [1.165, 1.54) is 6.20 Å². The molecule has 0 spiro atoms. The Kier molecular flexibility index (Phi) is 4.06. The zero-order valence-corrected chi connectivity index (χ0v) is 9.93. The molecule has 1 fully saturated rings. The minimum Gasteiger partial charge on any atom is -0.370 e. The Morgan fingerprint density at radius 1 is 1.44 bits per heavy atom. The molecule has 100 valence electrons. The van der Waals surface area contributed by atoms with Gasteiger partial charge in [0.15, 0.2) is 0 Å². The van der Waals surface area contributed by atoms with E-state index in [4.69, 9.17) is 0 Å². The normalized spacial score (nSPS) is 20.7. The van der Waals surface area contributed by atoms with Gasteiger partial charge in [0, 0.05) is 12.7 Å². The summed E-state index contributed by atoms with van der Waals surface area (Å²) in [7, 11) is 0. The number of anilines is 1. The summed E-state index contributed by atoms with van der Waals surface area (Å²) in [5.41, 5.74) is -0.665. The lowest BCUT2D eigenvalue weighted by molar-refractivity contribution is -0.137. The molecule has 1 aliphatic rings. The molecular weight excluding hydrogens is 243 g/mol. The Balaban J connectivity index is 1.92. The third-order valence-corrected chi connectivity index (χ3v) is 3.06. The highest BCUT2D eigenvalue weighted by atomic mass is 19.4. The number of hydrogen-bond donors (Lipinski definition) is 2. The average Bonchev–Trinajstić information content (AvgIpc) is 2.37. The first-order valence-electron chi connectivity index (χ1n) is 6.03. The number of halogens is 3. The van der Waals surface area contributed by atoms with E-state index in [0.29, 0.717) is 12.5 Å². The van der Waals surface area contributed by atoms with E-state index >= 15 is 0 Å². The summed E-state index contributed by atoms with van der Waals surface area (Å²) < 4.78 is 37.5. The number of rotatable bonds is 3. The highest BCUT2D eigenvalue weighted by Crippen LogP contribution is 2.29. The van der Waals surface area contributed by atoms with E-state index in [1.807, 2.05) is 0 Å². The summed E-state index contributed by atoms with van der Waals surface area (Å²) in [6.07, 6.45) is -0.919. The fraction of sp³-hybridized carbons (Fsp3) is 0.583. The largest absolute Gasteiger partial charge is 0.416 e. The van der Waals surface area contributed by atoms with Gasteiger partial charge in [-0.05, 0) is 44.0 Å². The number of nitrogens with one attached hydrogen (secondary N) is 2. The standard InChI is InChI=1S/C12H16F3N3/c13-12(14,15)10-3-5-17-11(6-10)18-8-9-2-1-4-16-7-9/h3,5-6,9,16H,1-2,4,7-8H2,(H,17,18). The summed E-state index contributed by atoms with van der Waals surface area (Å²) >= 11 is 0. The van der Waals surface area contributed by atoms with Gasteiger partial charge in [0.05, 0.1) is 5.56 Å². The fourth-order valence-electron chi connectivity index (χ4n) is 2.05. The highest BCUT2D eigenvalue weighted by molar-refractivity contribution is 5.38. The maximum Gasteiger partial charge on any atom is 0.416 e. The summed E-state index contributed by atoms with van der Waals surface area (Å²) in [6.45, 7) is 2.59. The van der Waals surface area contributed by atoms with Gasteiger partial charge in [-0.2, -0.15) is 13.2 Å². The van der Waals surface area contributed by atoms with Crippen LogP contribution in [0, 0.1) is 5.92 Å². The molecule has 1 aromatic rings. The monoisotopic (exact) mass is 259 g/mol. The van der Waals surface area contributed by atoms with Crippen LogP contribution in [0.1, 0.15) is 18.4 Å². The number of nitrogens with zero attached hydrogens (tertiary/aromatic N) is 1. The minimum atomic E-state index is -4.31. The van der Waals surface area contributed by atoms with Crippen LogP contribution in [-0.2, 0) is 6.18 Å². The van der Waals surface area contributed by atoms with Crippen LogP contribution in [0.2, 0.25) is 0 Å². The Labute approximate surface area is 104 Å². The molecule has 6 heteroatoms. The number of hydrogen-bond acceptors (Lipinski definition) is 3. The molecule has 0 bridgehead atoms. The summed E-state index contributed by atoms with van der Waals surface area (Å²) in [6, 6.07) is 2.03. The van der Waals surface area contributed by atoms with Crippen LogP contribution in [0.15, 0.2) is 18.3 Å². The van der Waals surface area contributed by atoms with Crippen molar-refractivity contribution in [3.63, 3.8) is 0 Å². The third-order valence-electron chi connectivity index (χ3n) is 3.06. The lowest BCUT2D eigenvalue weighted by Gasteiger charge is -2.23. The summed E-state index contributed by atoms with van der Waals surface area (Å²) in [5, 5.41) is 6.24. The number of alkyl halides is 3. The van der Waals surface area contributed by atoms with Crippen molar-refractivity contribution in [2.24, 2.45) is 5.92 Å². The SMILES string of the molecule is FC(F)(F)c1ccnc(NCC2CCCNC2)c1. The van der Waals surface area contributed by atoms with Crippen molar-refractivity contribution in [3.05, 3.63) is 23.9 Å². The van der Waals surface area contributed by atoms with Crippen LogP contribution in [0.25, 0.3) is 0 Å². The maximum absolute atomic E-state index is 12.5. The first-order chi connectivity index (χ1) is 8.55. The predicted molar refractivity (Wildman–Crippen MR) is 63.3 cm³/mol. The fourth-order valence-corrected chi connectivity index (χ4v) is 2.05. The lowest BCUT2D eigenvalue weighted by Crippen LogP contribution is -2.33. The van der Waals surface area contributed by atoms with E-state index in [2.05, 4.69) is 15.6 Å². The lowest BCUT2D eigenvalue weighted by atomic mass is 10.00. The van der Waals surface area contributed by atoms with Crippen molar-refractivity contribution in [1.82, 2.24) is 10.3 Å². The minimum absolute atomic E-state index is 0.287. The second kappa shape index (κ2) is 5.56. The van der Waals surface area contributed by atoms with Crippen LogP contribution in [-0.4, -0.2) is 24.6 Å². The average molecular weight is 259 g/mol. The van der Waals surface area contributed by atoms with Gasteiger partial charge in [0.2, 0.25) is 0 Å². The van der Waals surface area contributed by atoms with Gasteiger partial charge in [0.1, 0.15) is 5.82 Å². The zero-order valence-electron chi connectivity index (χ0n) is 9.93. The molecule has 3 nitrogen and oxygen atoms in total. The van der Waals surface area contributed by atoms with Crippen molar-refractivity contribution in [2.45, 2.75) is 19.0 Å². The molecule has 18 heavy (non-hydrogen) atoms. The Bertz CT molecular complexity index is 386. The van der Waals surface area contributed by atoms with E-state index in [9.17, 15) is 13.2 Å². The Hall–Kier alpha value is -1.30. The quantitative estimate of drug-likeness (QED) is 0.875. The Morgan fingerprint density at radius 2 is 2.28 bits per heavy atom. The number of piperidine rings is 1. The van der Waals surface area contributed by atoms with Gasteiger partial charge >= 0.3 is 6.18 Å². The van der Waals surface area contributed by atoms with Crippen molar-refractivity contribution in [2.75, 3.05) is 25.0 Å². The summed E-state index contributed by atoms with van der Waals surface area (Å²) in [4.78, 5) is 3.91. The first-order valence-corrected chi connectivity index (χ1v) is 6.03. The molecule has 2 heterocycles. The van der Waals surface area contributed by atoms with Crippen LogP contribution >= 0.6 is 0 Å². The van der Waals surface area contributed by atoms with Crippen molar-refractivity contribution >= 4 is 5.82 Å². The van der Waals surface area contributed by atoms with Gasteiger partial charge in [-0.25, -0.2) is 4.98 Å². The molecule has 1 unspecified atom stereocenters. The predicted octanol–water partition coefficient (Wildman–Crippen LogP) is 2.51. The molecule has 0 amide bonds. The van der Waals surface area contributed by atoms with Gasteiger partial charge in [-0.3, -0.25) is 0 Å². The van der Waals surface area contributed by atoms with E-state index in [-0.39, 0.29) is 5.82 Å². The number of aromatic nitrogens is 1. The molecule has 1 aliphatic heterocycles. The molecule has 1 atom stereocenters. The maximum atomic E-state index is 12.5. The van der Waals surface area contributed by atoms with Crippen LogP contribution < -0.4 is 10.6 Å². The molecule has 2 rings (SSSR count). The Morgan fingerprint density at radius 3 is 2.94 bits per heavy atom. The second-order valence-corrected chi connectivity index (χ2v) is 4.52. The molecule has 0 radical (unpaired) electrons. The first kappa shape index (κ1) is 13.1. The van der Waals surface area contributed by atoms with Crippen molar-refractivity contribution in [3.8, 4) is 0 Å². The van der Waals surface area contributed by atoms with Gasteiger partial charge in [0.25, 0.3) is 0 Å². The second-order valence-electron chi connectivity index (χ2n) is 4.52. The molecule has 0 aliphatic carbocycles. The smallest absolute Gasteiger partial charge is 0.370 e. The molecular formula is C12H16F3N3. The molecule has 1 aromatic heterocycles. The number of pyridine rings is 1. The molecule has 0 aromatic carbocycles. The van der Waals surface area contributed by atoms with Gasteiger partial charge in [-0.1, -0.05) is 0 Å².